The first kappa shape index (κ1) is 18.8. The van der Waals surface area contributed by atoms with Gasteiger partial charge in [0.2, 0.25) is 5.91 Å². The molecule has 1 fully saturated rings. The molecule has 26 heavy (non-hydrogen) atoms. The zero-order valence-electron chi connectivity index (χ0n) is 14.9. The summed E-state index contributed by atoms with van der Waals surface area (Å²) in [6, 6.07) is 8.33. The van der Waals surface area contributed by atoms with Gasteiger partial charge < -0.3 is 19.5 Å². The number of nitrogens with zero attached hydrogens (tertiary/aromatic N) is 2. The van der Waals surface area contributed by atoms with Crippen LogP contribution >= 0.6 is 15.9 Å². The van der Waals surface area contributed by atoms with Crippen molar-refractivity contribution in [2.45, 2.75) is 38.8 Å². The van der Waals surface area contributed by atoms with E-state index in [0.29, 0.717) is 32.7 Å². The Balaban J connectivity index is 1.45. The minimum absolute atomic E-state index is 0.0542. The summed E-state index contributed by atoms with van der Waals surface area (Å²) in [7, 11) is 0. The Labute approximate surface area is 161 Å². The Bertz CT molecular complexity index is 781. The highest BCUT2D eigenvalue weighted by atomic mass is 79.9. The first-order valence-electron chi connectivity index (χ1n) is 9.02. The van der Waals surface area contributed by atoms with Gasteiger partial charge >= 0.3 is 6.09 Å². The number of hydrogen-bond acceptors (Lipinski definition) is 3. The van der Waals surface area contributed by atoms with Crippen molar-refractivity contribution in [3.05, 3.63) is 34.9 Å². The van der Waals surface area contributed by atoms with Crippen LogP contribution in [0.2, 0.25) is 0 Å². The molecular formula is C19H24BrN3O3. The first-order valence-corrected chi connectivity index (χ1v) is 9.81. The third-order valence-corrected chi connectivity index (χ3v) is 5.19. The van der Waals surface area contributed by atoms with Gasteiger partial charge in [-0.3, -0.25) is 4.79 Å². The Morgan fingerprint density at radius 1 is 1.27 bits per heavy atom. The second-order valence-corrected chi connectivity index (χ2v) is 7.41. The molecule has 0 spiro atoms. The van der Waals surface area contributed by atoms with E-state index in [9.17, 15) is 9.59 Å². The second-order valence-electron chi connectivity index (χ2n) is 6.49. The molecule has 0 radical (unpaired) electrons. The number of amides is 2. The van der Waals surface area contributed by atoms with Crippen LogP contribution < -0.4 is 5.32 Å². The Hall–Kier alpha value is -2.02. The lowest BCUT2D eigenvalue weighted by molar-refractivity contribution is -0.122. The van der Waals surface area contributed by atoms with Gasteiger partial charge in [0, 0.05) is 53.7 Å². The van der Waals surface area contributed by atoms with E-state index in [0.717, 1.165) is 28.2 Å². The van der Waals surface area contributed by atoms with Crippen molar-refractivity contribution in [2.24, 2.45) is 0 Å². The predicted octanol–water partition coefficient (Wildman–Crippen LogP) is 3.53. The number of ether oxygens (including phenoxy) is 1. The van der Waals surface area contributed by atoms with Crippen LogP contribution in [0.1, 0.15) is 26.2 Å². The molecule has 1 aliphatic heterocycles. The summed E-state index contributed by atoms with van der Waals surface area (Å²) >= 11 is 3.48. The van der Waals surface area contributed by atoms with E-state index in [2.05, 4.69) is 44.0 Å². The van der Waals surface area contributed by atoms with Crippen molar-refractivity contribution >= 4 is 38.8 Å². The molecule has 0 unspecified atom stereocenters. The van der Waals surface area contributed by atoms with Crippen LogP contribution in [-0.4, -0.2) is 47.2 Å². The summed E-state index contributed by atoms with van der Waals surface area (Å²) in [5.74, 6) is 0.0542. The van der Waals surface area contributed by atoms with Crippen LogP contribution in [0.15, 0.2) is 34.9 Å². The van der Waals surface area contributed by atoms with Gasteiger partial charge in [0.25, 0.3) is 0 Å². The van der Waals surface area contributed by atoms with E-state index in [1.54, 1.807) is 11.8 Å². The monoisotopic (exact) mass is 421 g/mol. The normalized spacial score (nSPS) is 15.2. The molecule has 0 saturated carbocycles. The number of benzene rings is 1. The third-order valence-electron chi connectivity index (χ3n) is 4.70. The van der Waals surface area contributed by atoms with Gasteiger partial charge in [0.1, 0.15) is 0 Å². The molecule has 7 heteroatoms. The maximum absolute atomic E-state index is 12.3. The van der Waals surface area contributed by atoms with Gasteiger partial charge in [0.05, 0.1) is 6.61 Å². The fourth-order valence-electron chi connectivity index (χ4n) is 3.31. The highest BCUT2D eigenvalue weighted by molar-refractivity contribution is 9.10. The van der Waals surface area contributed by atoms with Crippen molar-refractivity contribution in [3.63, 3.8) is 0 Å². The van der Waals surface area contributed by atoms with Crippen molar-refractivity contribution in [1.29, 1.82) is 0 Å². The SMILES string of the molecule is CCOC(=O)N1CCC(NC(=O)CCn2ccc3cc(Br)ccc32)CC1. The summed E-state index contributed by atoms with van der Waals surface area (Å²) in [6.45, 7) is 4.10. The Morgan fingerprint density at radius 3 is 2.77 bits per heavy atom. The van der Waals surface area contributed by atoms with Gasteiger partial charge in [-0.2, -0.15) is 0 Å². The quantitative estimate of drug-likeness (QED) is 0.802. The largest absolute Gasteiger partial charge is 0.450 e. The summed E-state index contributed by atoms with van der Waals surface area (Å²) in [4.78, 5) is 25.7. The van der Waals surface area contributed by atoms with Gasteiger partial charge in [-0.1, -0.05) is 15.9 Å². The van der Waals surface area contributed by atoms with E-state index in [4.69, 9.17) is 4.74 Å². The van der Waals surface area contributed by atoms with Gasteiger partial charge in [-0.05, 0) is 44.0 Å². The van der Waals surface area contributed by atoms with Gasteiger partial charge in [-0.25, -0.2) is 4.79 Å². The van der Waals surface area contributed by atoms with Crippen LogP contribution in [0, 0.1) is 0 Å². The van der Waals surface area contributed by atoms with Gasteiger partial charge in [-0.15, -0.1) is 0 Å². The lowest BCUT2D eigenvalue weighted by Gasteiger charge is -2.31. The van der Waals surface area contributed by atoms with Crippen LogP contribution in [-0.2, 0) is 16.1 Å². The molecule has 2 amide bonds. The Morgan fingerprint density at radius 2 is 2.04 bits per heavy atom. The zero-order valence-corrected chi connectivity index (χ0v) is 16.5. The Kier molecular flexibility index (Phi) is 6.19. The third kappa shape index (κ3) is 4.58. The number of carbonyl (C=O) groups is 2. The van der Waals surface area contributed by atoms with E-state index in [-0.39, 0.29) is 18.0 Å². The van der Waals surface area contributed by atoms with Gasteiger partial charge in [0.15, 0.2) is 0 Å². The number of aromatic nitrogens is 1. The number of piperidine rings is 1. The van der Waals surface area contributed by atoms with E-state index in [1.165, 1.54) is 0 Å². The number of likely N-dealkylation sites (tertiary alicyclic amines) is 1. The maximum atomic E-state index is 12.3. The average molecular weight is 422 g/mol. The topological polar surface area (TPSA) is 63.6 Å². The standard InChI is InChI=1S/C19H24BrN3O3/c1-2-26-19(25)23-10-6-16(7-11-23)21-18(24)8-12-22-9-5-14-13-15(20)3-4-17(14)22/h3-5,9,13,16H,2,6-8,10-12H2,1H3,(H,21,24). The van der Waals surface area contributed by atoms with Crippen LogP contribution in [0.25, 0.3) is 10.9 Å². The number of halogens is 1. The molecule has 2 aromatic rings. The molecule has 6 nitrogen and oxygen atoms in total. The minimum Gasteiger partial charge on any atom is -0.450 e. The maximum Gasteiger partial charge on any atom is 0.409 e. The summed E-state index contributed by atoms with van der Waals surface area (Å²) < 4.78 is 8.17. The van der Waals surface area contributed by atoms with Crippen molar-refractivity contribution in [2.75, 3.05) is 19.7 Å². The summed E-state index contributed by atoms with van der Waals surface area (Å²) in [5, 5.41) is 4.25. The highest BCUT2D eigenvalue weighted by Crippen LogP contribution is 2.21. The highest BCUT2D eigenvalue weighted by Gasteiger charge is 2.24. The average Bonchev–Trinajstić information content (AvgIpc) is 3.03. The number of nitrogens with one attached hydrogen (secondary N) is 1. The van der Waals surface area contributed by atoms with E-state index >= 15 is 0 Å². The summed E-state index contributed by atoms with van der Waals surface area (Å²) in [5.41, 5.74) is 1.13. The number of rotatable bonds is 5. The molecule has 0 bridgehead atoms. The number of aryl methyl sites for hydroxylation is 1. The number of carbonyl (C=O) groups excluding carboxylic acids is 2. The number of fused-ring (bicyclic) bond motifs is 1. The fourth-order valence-corrected chi connectivity index (χ4v) is 3.69. The fraction of sp³-hybridized carbons (Fsp3) is 0.474. The van der Waals surface area contributed by atoms with Crippen LogP contribution in [0.4, 0.5) is 4.79 Å². The molecule has 2 heterocycles. The molecule has 1 saturated heterocycles. The lowest BCUT2D eigenvalue weighted by Crippen LogP contribution is -2.46. The molecule has 140 valence electrons. The van der Waals surface area contributed by atoms with Crippen LogP contribution in [0.3, 0.4) is 0 Å². The van der Waals surface area contributed by atoms with E-state index in [1.807, 2.05) is 12.3 Å². The van der Waals surface area contributed by atoms with E-state index < -0.39 is 0 Å². The van der Waals surface area contributed by atoms with Crippen molar-refractivity contribution < 1.29 is 14.3 Å². The number of hydrogen-bond donors (Lipinski definition) is 1. The minimum atomic E-state index is -0.261. The molecule has 1 N–H and O–H groups in total. The molecule has 1 aliphatic rings. The zero-order chi connectivity index (χ0) is 18.5. The molecule has 1 aromatic heterocycles. The molecule has 0 atom stereocenters. The lowest BCUT2D eigenvalue weighted by atomic mass is 10.1. The molecule has 0 aliphatic carbocycles. The second kappa shape index (κ2) is 8.58. The molecule has 3 rings (SSSR count). The van der Waals surface area contributed by atoms with Crippen molar-refractivity contribution in [3.8, 4) is 0 Å². The van der Waals surface area contributed by atoms with Crippen molar-refractivity contribution in [1.82, 2.24) is 14.8 Å². The van der Waals surface area contributed by atoms with Crippen LogP contribution in [0.5, 0.6) is 0 Å². The smallest absolute Gasteiger partial charge is 0.409 e. The summed E-state index contributed by atoms with van der Waals surface area (Å²) in [6.07, 6.45) is 3.74. The molecule has 1 aromatic carbocycles. The molecular weight excluding hydrogens is 398 g/mol. The predicted molar refractivity (Wildman–Crippen MR) is 104 cm³/mol. The first-order chi connectivity index (χ1) is 12.6.